The van der Waals surface area contributed by atoms with Gasteiger partial charge < -0.3 is 15.2 Å². The van der Waals surface area contributed by atoms with Crippen LogP contribution in [0.2, 0.25) is 0 Å². The first-order valence-electron chi connectivity index (χ1n) is 7.69. The number of likely N-dealkylation sites (tertiary alicyclic amines) is 1. The average Bonchev–Trinajstić information content (AvgIpc) is 3.16. The number of carbonyl (C=O) groups excluding carboxylic acids is 1. The van der Waals surface area contributed by atoms with Gasteiger partial charge in [-0.15, -0.1) is 0 Å². The van der Waals surface area contributed by atoms with Crippen molar-refractivity contribution >= 4 is 16.9 Å². The molecule has 2 unspecified atom stereocenters. The van der Waals surface area contributed by atoms with Crippen molar-refractivity contribution in [1.82, 2.24) is 10.1 Å². The van der Waals surface area contributed by atoms with Crippen molar-refractivity contribution in [3.63, 3.8) is 0 Å². The van der Waals surface area contributed by atoms with Crippen LogP contribution in [0, 0.1) is 17.7 Å². The summed E-state index contributed by atoms with van der Waals surface area (Å²) in [7, 11) is 0. The van der Waals surface area contributed by atoms with E-state index in [-0.39, 0.29) is 24.2 Å². The topological polar surface area (TPSA) is 72.4 Å². The Balaban J connectivity index is 1.50. The van der Waals surface area contributed by atoms with Crippen LogP contribution in [0.3, 0.4) is 0 Å². The largest absolute Gasteiger partial charge is 0.356 e. The minimum atomic E-state index is -0.360. The molecule has 2 N–H and O–H groups in total. The zero-order valence-electron chi connectivity index (χ0n) is 12.2. The average molecular weight is 303 g/mol. The highest BCUT2D eigenvalue weighted by molar-refractivity contribution is 5.86. The fourth-order valence-electron chi connectivity index (χ4n) is 3.42. The summed E-state index contributed by atoms with van der Waals surface area (Å²) in [6.45, 7) is 1.33. The maximum absolute atomic E-state index is 13.3. The van der Waals surface area contributed by atoms with E-state index in [1.165, 1.54) is 31.0 Å². The number of nitrogens with two attached hydrogens (primary N) is 1. The maximum atomic E-state index is 13.3. The smallest absolute Gasteiger partial charge is 0.228 e. The fraction of sp³-hybridized carbons (Fsp3) is 0.500. The number of halogens is 1. The molecule has 5 nitrogen and oxygen atoms in total. The molecular weight excluding hydrogens is 285 g/mol. The van der Waals surface area contributed by atoms with Gasteiger partial charge in [-0.1, -0.05) is 5.16 Å². The van der Waals surface area contributed by atoms with Crippen LogP contribution in [-0.4, -0.2) is 35.1 Å². The molecule has 2 aromatic rings. The number of amides is 1. The lowest BCUT2D eigenvalue weighted by Gasteiger charge is -2.15. The van der Waals surface area contributed by atoms with Gasteiger partial charge in [-0.3, -0.25) is 4.79 Å². The molecule has 1 aliphatic carbocycles. The van der Waals surface area contributed by atoms with E-state index in [0.29, 0.717) is 35.0 Å². The lowest BCUT2D eigenvalue weighted by atomic mass is 9.99. The zero-order chi connectivity index (χ0) is 15.3. The van der Waals surface area contributed by atoms with E-state index in [1.807, 2.05) is 4.90 Å². The van der Waals surface area contributed by atoms with Gasteiger partial charge in [0.05, 0.1) is 6.42 Å². The number of aromatic nitrogens is 1. The van der Waals surface area contributed by atoms with Gasteiger partial charge in [0.2, 0.25) is 5.91 Å². The van der Waals surface area contributed by atoms with Crippen molar-refractivity contribution in [2.45, 2.75) is 25.3 Å². The predicted molar refractivity (Wildman–Crippen MR) is 78.4 cm³/mol. The van der Waals surface area contributed by atoms with E-state index < -0.39 is 0 Å². The normalized spacial score (nSPS) is 25.1. The Morgan fingerprint density at radius 2 is 2.23 bits per heavy atom. The van der Waals surface area contributed by atoms with Gasteiger partial charge >= 0.3 is 0 Å². The van der Waals surface area contributed by atoms with E-state index in [4.69, 9.17) is 10.3 Å². The van der Waals surface area contributed by atoms with E-state index in [0.717, 1.165) is 6.54 Å². The van der Waals surface area contributed by atoms with Gasteiger partial charge in [-0.25, -0.2) is 4.39 Å². The van der Waals surface area contributed by atoms with Crippen LogP contribution in [0.1, 0.15) is 18.5 Å². The molecule has 2 aliphatic rings. The van der Waals surface area contributed by atoms with Crippen LogP contribution in [0.5, 0.6) is 0 Å². The predicted octanol–water partition coefficient (Wildman–Crippen LogP) is 1.71. The van der Waals surface area contributed by atoms with Crippen molar-refractivity contribution < 1.29 is 13.7 Å². The molecule has 2 atom stereocenters. The molecule has 6 heteroatoms. The quantitative estimate of drug-likeness (QED) is 0.937. The van der Waals surface area contributed by atoms with Gasteiger partial charge in [0.25, 0.3) is 0 Å². The summed E-state index contributed by atoms with van der Waals surface area (Å²) in [5.74, 6) is 0.740. The summed E-state index contributed by atoms with van der Waals surface area (Å²) >= 11 is 0. The molecule has 1 amide bonds. The molecule has 22 heavy (non-hydrogen) atoms. The summed E-state index contributed by atoms with van der Waals surface area (Å²) < 4.78 is 18.5. The van der Waals surface area contributed by atoms with Crippen molar-refractivity contribution in [2.75, 3.05) is 13.1 Å². The van der Waals surface area contributed by atoms with Crippen molar-refractivity contribution in [1.29, 1.82) is 0 Å². The third kappa shape index (κ3) is 2.37. The van der Waals surface area contributed by atoms with Crippen LogP contribution < -0.4 is 5.73 Å². The lowest BCUT2D eigenvalue weighted by molar-refractivity contribution is -0.129. The van der Waals surface area contributed by atoms with Gasteiger partial charge in [0, 0.05) is 24.5 Å². The molecule has 1 aromatic heterocycles. The molecular formula is C16H18FN3O2. The first-order chi connectivity index (χ1) is 10.6. The third-order valence-corrected chi connectivity index (χ3v) is 4.82. The van der Waals surface area contributed by atoms with Gasteiger partial charge in [0.1, 0.15) is 11.5 Å². The number of rotatable bonds is 3. The molecule has 0 spiro atoms. The van der Waals surface area contributed by atoms with Crippen LogP contribution in [0.15, 0.2) is 22.7 Å². The van der Waals surface area contributed by atoms with Crippen LogP contribution in [0.25, 0.3) is 11.0 Å². The molecule has 1 saturated carbocycles. The van der Waals surface area contributed by atoms with Crippen molar-refractivity contribution in [3.05, 3.63) is 29.7 Å². The Morgan fingerprint density at radius 3 is 3.00 bits per heavy atom. The fourth-order valence-corrected chi connectivity index (χ4v) is 3.42. The molecule has 0 bridgehead atoms. The third-order valence-electron chi connectivity index (χ3n) is 4.82. The number of carbonyl (C=O) groups is 1. The van der Waals surface area contributed by atoms with E-state index in [2.05, 4.69) is 5.16 Å². The Morgan fingerprint density at radius 1 is 1.41 bits per heavy atom. The molecule has 2 heterocycles. The van der Waals surface area contributed by atoms with Crippen LogP contribution >= 0.6 is 0 Å². The van der Waals surface area contributed by atoms with E-state index in [9.17, 15) is 9.18 Å². The van der Waals surface area contributed by atoms with Crippen LogP contribution in [-0.2, 0) is 11.2 Å². The van der Waals surface area contributed by atoms with Gasteiger partial charge in [-0.2, -0.15) is 0 Å². The summed E-state index contributed by atoms with van der Waals surface area (Å²) in [6, 6.07) is 4.28. The zero-order valence-corrected chi connectivity index (χ0v) is 12.2. The Kier molecular flexibility index (Phi) is 3.14. The Bertz CT molecular complexity index is 725. The van der Waals surface area contributed by atoms with Crippen molar-refractivity contribution in [3.8, 4) is 0 Å². The number of hydrogen-bond acceptors (Lipinski definition) is 4. The SMILES string of the molecule is NC1CN(C(=O)Cc2noc3ccc(F)cc23)CC1C1CC1. The summed E-state index contributed by atoms with van der Waals surface area (Å²) in [4.78, 5) is 14.3. The number of hydrogen-bond donors (Lipinski definition) is 1. The number of nitrogens with zero attached hydrogens (tertiary/aromatic N) is 2. The highest BCUT2D eigenvalue weighted by Gasteiger charge is 2.42. The van der Waals surface area contributed by atoms with Crippen molar-refractivity contribution in [2.24, 2.45) is 17.6 Å². The highest BCUT2D eigenvalue weighted by Crippen LogP contribution is 2.41. The monoisotopic (exact) mass is 303 g/mol. The first-order valence-corrected chi connectivity index (χ1v) is 7.69. The van der Waals surface area contributed by atoms with E-state index >= 15 is 0 Å². The highest BCUT2D eigenvalue weighted by atomic mass is 19.1. The van der Waals surface area contributed by atoms with Crippen LogP contribution in [0.4, 0.5) is 4.39 Å². The van der Waals surface area contributed by atoms with E-state index in [1.54, 1.807) is 0 Å². The standard InChI is InChI=1S/C16H18FN3O2/c17-10-3-4-15-11(5-10)14(19-22-15)6-16(21)20-7-12(9-1-2-9)13(18)8-20/h3-5,9,12-13H,1-2,6-8,18H2. The minimum Gasteiger partial charge on any atom is -0.356 e. The minimum absolute atomic E-state index is 0.0157. The van der Waals surface area contributed by atoms with Gasteiger partial charge in [0.15, 0.2) is 5.58 Å². The maximum Gasteiger partial charge on any atom is 0.228 e. The second-order valence-electron chi connectivity index (χ2n) is 6.41. The molecule has 116 valence electrons. The molecule has 1 saturated heterocycles. The molecule has 1 aromatic carbocycles. The lowest BCUT2D eigenvalue weighted by Crippen LogP contribution is -2.33. The summed E-state index contributed by atoms with van der Waals surface area (Å²) in [6.07, 6.45) is 2.59. The second kappa shape index (κ2) is 5.05. The Labute approximate surface area is 127 Å². The summed E-state index contributed by atoms with van der Waals surface area (Å²) in [5, 5.41) is 4.48. The molecule has 1 aliphatic heterocycles. The second-order valence-corrected chi connectivity index (χ2v) is 6.41. The molecule has 4 rings (SSSR count). The molecule has 0 radical (unpaired) electrons. The Hall–Kier alpha value is -1.95. The number of fused-ring (bicyclic) bond motifs is 1. The number of benzene rings is 1. The molecule has 2 fully saturated rings. The van der Waals surface area contributed by atoms with Gasteiger partial charge in [-0.05, 0) is 42.9 Å². The summed E-state index contributed by atoms with van der Waals surface area (Å²) in [5.41, 5.74) is 7.14. The first kappa shape index (κ1) is 13.7.